The smallest absolute Gasteiger partial charge is 0.263 e. The number of carbonyl (C=O) groups excluding carboxylic acids is 2. The first kappa shape index (κ1) is 17.0. The summed E-state index contributed by atoms with van der Waals surface area (Å²) in [6, 6.07) is 10.8. The molecule has 0 aromatic heterocycles. The average molecular weight is 366 g/mol. The number of carbonyl (C=O) groups is 2. The predicted octanol–water partition coefficient (Wildman–Crippen LogP) is 2.51. The molecule has 2 aliphatic heterocycles. The Kier molecular flexibility index (Phi) is 4.02. The van der Waals surface area contributed by atoms with E-state index in [-0.39, 0.29) is 5.91 Å². The van der Waals surface area contributed by atoms with Crippen LogP contribution >= 0.6 is 0 Å². The first-order chi connectivity index (χ1) is 13.0. The highest BCUT2D eigenvalue weighted by Gasteiger charge is 2.55. The minimum Gasteiger partial charge on any atom is -0.497 e. The Morgan fingerprint density at radius 2 is 1.52 bits per heavy atom. The molecule has 0 radical (unpaired) electrons. The van der Waals surface area contributed by atoms with Crippen molar-refractivity contribution in [1.82, 2.24) is 0 Å². The van der Waals surface area contributed by atoms with Crippen molar-refractivity contribution in [3.63, 3.8) is 0 Å². The van der Waals surface area contributed by atoms with Crippen LogP contribution in [0.3, 0.4) is 0 Å². The van der Waals surface area contributed by atoms with E-state index in [0.717, 1.165) is 10.5 Å². The molecular weight excluding hydrogens is 348 g/mol. The van der Waals surface area contributed by atoms with Crippen LogP contribution in [-0.4, -0.2) is 38.1 Å². The molecule has 2 amide bonds. The molecule has 4 rings (SSSR count). The van der Waals surface area contributed by atoms with Gasteiger partial charge in [-0.2, -0.15) is 5.11 Å². The Balaban J connectivity index is 1.71. The molecule has 8 nitrogen and oxygen atoms in total. The summed E-state index contributed by atoms with van der Waals surface area (Å²) in [5.41, 5.74) is 2.18. The predicted molar refractivity (Wildman–Crippen MR) is 98.1 cm³/mol. The molecule has 0 saturated carbocycles. The van der Waals surface area contributed by atoms with Crippen molar-refractivity contribution in [3.05, 3.63) is 48.0 Å². The molecule has 27 heavy (non-hydrogen) atoms. The summed E-state index contributed by atoms with van der Waals surface area (Å²) in [4.78, 5) is 27.1. The standard InChI is InChI=1S/C19H18N4O4/c1-11-4-6-12(7-5-11)23-17-16(20-21-23)18(24)22(19(17)25)13-8-14(26-2)10-15(9-13)27-3/h4-10,16-17H,1-3H3/t16-,17-/m0/s1. The van der Waals surface area contributed by atoms with Gasteiger partial charge in [-0.1, -0.05) is 22.9 Å². The van der Waals surface area contributed by atoms with Crippen LogP contribution in [-0.2, 0) is 9.59 Å². The lowest BCUT2D eigenvalue weighted by atomic mass is 10.1. The van der Waals surface area contributed by atoms with Crippen molar-refractivity contribution in [2.24, 2.45) is 10.3 Å². The summed E-state index contributed by atoms with van der Waals surface area (Å²) < 4.78 is 10.5. The van der Waals surface area contributed by atoms with Crippen LogP contribution in [0.25, 0.3) is 0 Å². The number of hydrogen-bond donors (Lipinski definition) is 0. The molecule has 1 fully saturated rings. The molecule has 2 atom stereocenters. The van der Waals surface area contributed by atoms with Gasteiger partial charge >= 0.3 is 0 Å². The first-order valence-electron chi connectivity index (χ1n) is 8.41. The quantitative estimate of drug-likeness (QED) is 0.777. The zero-order chi connectivity index (χ0) is 19.1. The SMILES string of the molecule is COc1cc(OC)cc(N2C(=O)[C@H]3N=NN(c4ccc(C)cc4)[C@@H]3C2=O)c1. The molecule has 2 aromatic carbocycles. The third-order valence-corrected chi connectivity index (χ3v) is 4.67. The Morgan fingerprint density at radius 3 is 2.11 bits per heavy atom. The first-order valence-corrected chi connectivity index (χ1v) is 8.41. The van der Waals surface area contributed by atoms with E-state index in [1.54, 1.807) is 18.2 Å². The fraction of sp³-hybridized carbons (Fsp3) is 0.263. The van der Waals surface area contributed by atoms with E-state index in [2.05, 4.69) is 10.3 Å². The Labute approximate surface area is 156 Å². The van der Waals surface area contributed by atoms with Gasteiger partial charge in [0.05, 0.1) is 25.6 Å². The van der Waals surface area contributed by atoms with Gasteiger partial charge in [0.2, 0.25) is 0 Å². The molecule has 2 aliphatic rings. The minimum atomic E-state index is -0.865. The van der Waals surface area contributed by atoms with E-state index in [0.29, 0.717) is 22.9 Å². The number of nitrogens with zero attached hydrogens (tertiary/aromatic N) is 4. The Hall–Kier alpha value is -3.42. The van der Waals surface area contributed by atoms with Gasteiger partial charge in [-0.05, 0) is 19.1 Å². The summed E-state index contributed by atoms with van der Waals surface area (Å²) in [6.45, 7) is 1.97. The van der Waals surface area contributed by atoms with Crippen molar-refractivity contribution in [1.29, 1.82) is 0 Å². The maximum Gasteiger partial charge on any atom is 0.263 e. The van der Waals surface area contributed by atoms with E-state index in [1.807, 2.05) is 31.2 Å². The van der Waals surface area contributed by atoms with Gasteiger partial charge in [0.1, 0.15) is 11.5 Å². The zero-order valence-corrected chi connectivity index (χ0v) is 15.1. The summed E-state index contributed by atoms with van der Waals surface area (Å²) in [6.07, 6.45) is 0. The summed E-state index contributed by atoms with van der Waals surface area (Å²) in [7, 11) is 3.02. The topological polar surface area (TPSA) is 83.8 Å². The third kappa shape index (κ3) is 2.69. The van der Waals surface area contributed by atoms with Crippen LogP contribution < -0.4 is 19.4 Å². The van der Waals surface area contributed by atoms with Gasteiger partial charge in [0.25, 0.3) is 11.8 Å². The maximum atomic E-state index is 13.1. The van der Waals surface area contributed by atoms with Crippen molar-refractivity contribution in [3.8, 4) is 11.5 Å². The number of amides is 2. The second-order valence-corrected chi connectivity index (χ2v) is 6.36. The van der Waals surface area contributed by atoms with E-state index in [1.165, 1.54) is 19.2 Å². The van der Waals surface area contributed by atoms with E-state index in [4.69, 9.17) is 9.47 Å². The fourth-order valence-electron chi connectivity index (χ4n) is 3.25. The van der Waals surface area contributed by atoms with Crippen LogP contribution in [0, 0.1) is 6.92 Å². The van der Waals surface area contributed by atoms with Gasteiger partial charge in [-0.25, -0.2) is 9.91 Å². The molecule has 0 aliphatic carbocycles. The second kappa shape index (κ2) is 6.39. The number of benzene rings is 2. The van der Waals surface area contributed by atoms with E-state index < -0.39 is 18.0 Å². The minimum absolute atomic E-state index is 0.383. The fourth-order valence-corrected chi connectivity index (χ4v) is 3.25. The van der Waals surface area contributed by atoms with Crippen molar-refractivity contribution < 1.29 is 19.1 Å². The van der Waals surface area contributed by atoms with Gasteiger partial charge in [0, 0.05) is 18.2 Å². The van der Waals surface area contributed by atoms with Gasteiger partial charge in [0.15, 0.2) is 12.1 Å². The molecule has 138 valence electrons. The number of aryl methyl sites for hydroxylation is 1. The van der Waals surface area contributed by atoms with E-state index >= 15 is 0 Å². The van der Waals surface area contributed by atoms with Crippen LogP contribution in [0.2, 0.25) is 0 Å². The highest BCUT2D eigenvalue weighted by Crippen LogP contribution is 2.37. The van der Waals surface area contributed by atoms with Gasteiger partial charge < -0.3 is 9.47 Å². The largest absolute Gasteiger partial charge is 0.497 e. The van der Waals surface area contributed by atoms with Crippen LogP contribution in [0.1, 0.15) is 5.56 Å². The van der Waals surface area contributed by atoms with E-state index in [9.17, 15) is 9.59 Å². The molecule has 2 aromatic rings. The molecule has 2 heterocycles. The summed E-state index contributed by atoms with van der Waals surface area (Å²) in [5, 5.41) is 9.61. The van der Waals surface area contributed by atoms with Crippen LogP contribution in [0.4, 0.5) is 11.4 Å². The number of rotatable bonds is 4. The summed E-state index contributed by atoms with van der Waals surface area (Å²) >= 11 is 0. The molecule has 0 unspecified atom stereocenters. The number of anilines is 2. The maximum absolute atomic E-state index is 13.1. The second-order valence-electron chi connectivity index (χ2n) is 6.36. The number of methoxy groups -OCH3 is 2. The van der Waals surface area contributed by atoms with Gasteiger partial charge in [-0.15, -0.1) is 0 Å². The number of imide groups is 1. The Bertz CT molecular complexity index is 919. The Morgan fingerprint density at radius 1 is 0.889 bits per heavy atom. The normalized spacial score (nSPS) is 21.0. The number of ether oxygens (including phenoxy) is 2. The van der Waals surface area contributed by atoms with Crippen molar-refractivity contribution in [2.45, 2.75) is 19.0 Å². The monoisotopic (exact) mass is 366 g/mol. The molecule has 1 saturated heterocycles. The molecular formula is C19H18N4O4. The average Bonchev–Trinajstić information content (AvgIpc) is 3.22. The lowest BCUT2D eigenvalue weighted by molar-refractivity contribution is -0.121. The number of fused-ring (bicyclic) bond motifs is 1. The van der Waals surface area contributed by atoms with Crippen molar-refractivity contribution in [2.75, 3.05) is 24.1 Å². The molecule has 0 N–H and O–H groups in total. The van der Waals surface area contributed by atoms with Crippen LogP contribution in [0.5, 0.6) is 11.5 Å². The zero-order valence-electron chi connectivity index (χ0n) is 15.1. The number of hydrogen-bond acceptors (Lipinski definition) is 7. The van der Waals surface area contributed by atoms with Crippen LogP contribution in [0.15, 0.2) is 52.8 Å². The third-order valence-electron chi connectivity index (χ3n) is 4.67. The lowest BCUT2D eigenvalue weighted by Crippen LogP contribution is -2.39. The van der Waals surface area contributed by atoms with Gasteiger partial charge in [-0.3, -0.25) is 9.59 Å². The summed E-state index contributed by atoms with van der Waals surface area (Å²) in [5.74, 6) is 0.169. The lowest BCUT2D eigenvalue weighted by Gasteiger charge is -2.21. The highest BCUT2D eigenvalue weighted by molar-refractivity contribution is 6.26. The molecule has 8 heteroatoms. The van der Waals surface area contributed by atoms with Crippen molar-refractivity contribution >= 4 is 23.2 Å². The molecule has 0 bridgehead atoms. The highest BCUT2D eigenvalue weighted by atomic mass is 16.5. The molecule has 0 spiro atoms.